The summed E-state index contributed by atoms with van der Waals surface area (Å²) < 4.78 is 10.7. The van der Waals surface area contributed by atoms with E-state index in [-0.39, 0.29) is 28.5 Å². The highest BCUT2D eigenvalue weighted by atomic mass is 16.6. The van der Waals surface area contributed by atoms with Crippen LogP contribution in [0.15, 0.2) is 29.5 Å². The van der Waals surface area contributed by atoms with E-state index in [9.17, 15) is 10.0 Å². The highest BCUT2D eigenvalue weighted by Gasteiger charge is 2.69. The molecule has 0 saturated carbocycles. The summed E-state index contributed by atoms with van der Waals surface area (Å²) in [6.45, 7) is 3.33. The van der Waals surface area contributed by atoms with Gasteiger partial charge in [-0.15, -0.1) is 0 Å². The van der Waals surface area contributed by atoms with E-state index in [1.54, 1.807) is 7.11 Å². The Morgan fingerprint density at radius 1 is 1.37 bits per heavy atom. The van der Waals surface area contributed by atoms with Crippen LogP contribution < -0.4 is 10.1 Å². The van der Waals surface area contributed by atoms with Crippen LogP contribution in [0.3, 0.4) is 0 Å². The number of rotatable bonds is 3. The Morgan fingerprint density at radius 2 is 2.19 bits per heavy atom. The topological polar surface area (TPSA) is 70.6 Å². The number of methoxy groups -OCH3 is 2. The fraction of sp³-hybridized carbons (Fsp3) is 0.571. The molecule has 1 aromatic carbocycles. The van der Waals surface area contributed by atoms with Gasteiger partial charge in [0, 0.05) is 30.4 Å². The number of carbonyl (C=O) groups is 1. The summed E-state index contributed by atoms with van der Waals surface area (Å²) in [5.74, 6) is 0.770. The first-order chi connectivity index (χ1) is 13.0. The Kier molecular flexibility index (Phi) is 3.47. The van der Waals surface area contributed by atoms with Crippen LogP contribution in [0.25, 0.3) is 0 Å². The molecule has 0 amide bonds. The molecule has 1 aromatic rings. The molecule has 2 bridgehead atoms. The number of ether oxygens (including phenoxy) is 2. The average Bonchev–Trinajstić information content (AvgIpc) is 3.20. The van der Waals surface area contributed by atoms with Gasteiger partial charge >= 0.3 is 5.97 Å². The molecule has 5 unspecified atom stereocenters. The van der Waals surface area contributed by atoms with E-state index in [1.807, 2.05) is 12.1 Å². The number of nitrogens with one attached hydrogen (secondary N) is 1. The van der Waals surface area contributed by atoms with Gasteiger partial charge in [0.1, 0.15) is 11.8 Å². The van der Waals surface area contributed by atoms with Gasteiger partial charge in [0.05, 0.1) is 44.0 Å². The summed E-state index contributed by atoms with van der Waals surface area (Å²) in [5, 5.41) is 17.4. The van der Waals surface area contributed by atoms with E-state index in [4.69, 9.17) is 9.47 Å². The molecule has 1 aliphatic carbocycles. The highest BCUT2D eigenvalue weighted by Crippen LogP contribution is 2.65. The molecule has 1 spiro atoms. The number of carbonyl (C=O) groups excluding carboxylic acids is 1. The van der Waals surface area contributed by atoms with Crippen molar-refractivity contribution in [1.29, 1.82) is 0 Å². The average molecular weight is 370 g/mol. The molecular formula is C21H26N2O4. The summed E-state index contributed by atoms with van der Waals surface area (Å²) in [6, 6.07) is 5.97. The Labute approximate surface area is 159 Å². The van der Waals surface area contributed by atoms with Crippen LogP contribution in [0.2, 0.25) is 0 Å². The van der Waals surface area contributed by atoms with Crippen molar-refractivity contribution in [3.8, 4) is 5.75 Å². The number of anilines is 1. The van der Waals surface area contributed by atoms with Crippen molar-refractivity contribution in [3.05, 3.63) is 40.2 Å². The van der Waals surface area contributed by atoms with Crippen LogP contribution in [0, 0.1) is 17.0 Å². The smallest absolute Gasteiger partial charge is 0.335 e. The van der Waals surface area contributed by atoms with Gasteiger partial charge in [-0.25, -0.2) is 4.79 Å². The molecule has 4 aliphatic rings. The van der Waals surface area contributed by atoms with Gasteiger partial charge in [-0.3, -0.25) is 0 Å². The lowest BCUT2D eigenvalue weighted by molar-refractivity contribution is -0.906. The zero-order valence-electron chi connectivity index (χ0n) is 16.1. The van der Waals surface area contributed by atoms with Gasteiger partial charge in [0.15, 0.2) is 0 Å². The number of hydroxylamine groups is 3. The van der Waals surface area contributed by atoms with Gasteiger partial charge in [0.2, 0.25) is 0 Å². The lowest BCUT2D eigenvalue weighted by atomic mass is 9.57. The van der Waals surface area contributed by atoms with Gasteiger partial charge in [0.25, 0.3) is 0 Å². The minimum Gasteiger partial charge on any atom is -0.633 e. The number of para-hydroxylation sites is 1. The number of quaternary nitrogens is 1. The number of nitrogens with zero attached hydrogens (tertiary/aromatic N) is 1. The van der Waals surface area contributed by atoms with Crippen molar-refractivity contribution in [1.82, 2.24) is 0 Å². The Balaban J connectivity index is 1.85. The third-order valence-electron chi connectivity index (χ3n) is 7.58. The number of benzene rings is 1. The molecule has 2 saturated heterocycles. The van der Waals surface area contributed by atoms with Crippen LogP contribution in [-0.4, -0.2) is 44.0 Å². The van der Waals surface area contributed by atoms with Crippen LogP contribution in [0.1, 0.15) is 31.7 Å². The van der Waals surface area contributed by atoms with E-state index >= 15 is 0 Å². The predicted octanol–water partition coefficient (Wildman–Crippen LogP) is 2.93. The molecule has 3 aliphatic heterocycles. The number of hydrogen-bond donors (Lipinski definition) is 1. The monoisotopic (exact) mass is 370 g/mol. The molecule has 3 heterocycles. The highest BCUT2D eigenvalue weighted by molar-refractivity contribution is 5.94. The van der Waals surface area contributed by atoms with E-state index in [0.29, 0.717) is 13.1 Å². The quantitative estimate of drug-likeness (QED) is 0.503. The van der Waals surface area contributed by atoms with Crippen molar-refractivity contribution >= 4 is 11.7 Å². The van der Waals surface area contributed by atoms with Crippen molar-refractivity contribution in [2.24, 2.45) is 11.8 Å². The van der Waals surface area contributed by atoms with E-state index in [2.05, 4.69) is 18.3 Å². The summed E-state index contributed by atoms with van der Waals surface area (Å²) in [7, 11) is 3.10. The minimum atomic E-state index is -0.438. The first-order valence-electron chi connectivity index (χ1n) is 9.87. The summed E-state index contributed by atoms with van der Waals surface area (Å²) in [5.41, 5.74) is 3.24. The fourth-order valence-electron chi connectivity index (χ4n) is 6.67. The van der Waals surface area contributed by atoms with E-state index in [1.165, 1.54) is 7.11 Å². The van der Waals surface area contributed by atoms with Gasteiger partial charge in [-0.05, 0) is 18.1 Å². The summed E-state index contributed by atoms with van der Waals surface area (Å²) in [6.07, 6.45) is 2.40. The van der Waals surface area contributed by atoms with E-state index in [0.717, 1.165) is 47.5 Å². The Hall–Kier alpha value is -2.05. The minimum absolute atomic E-state index is 0.0505. The molecule has 2 fully saturated rings. The van der Waals surface area contributed by atoms with Gasteiger partial charge in [-0.1, -0.05) is 19.1 Å². The molecule has 6 heteroatoms. The lowest BCUT2D eigenvalue weighted by Gasteiger charge is -2.58. The van der Waals surface area contributed by atoms with Gasteiger partial charge < -0.3 is 24.6 Å². The SMILES string of the molecule is CCC1C2CC[N+]3([O-])CCC4(C(=C2C(=O)OC)Nc2c(OC)cccc24)C13. The zero-order valence-corrected chi connectivity index (χ0v) is 16.1. The summed E-state index contributed by atoms with van der Waals surface area (Å²) >= 11 is 0. The number of piperidine rings is 1. The number of hydrogen-bond acceptors (Lipinski definition) is 5. The Bertz CT molecular complexity index is 866. The Morgan fingerprint density at radius 3 is 2.89 bits per heavy atom. The predicted molar refractivity (Wildman–Crippen MR) is 101 cm³/mol. The van der Waals surface area contributed by atoms with E-state index < -0.39 is 5.41 Å². The lowest BCUT2D eigenvalue weighted by Crippen LogP contribution is -2.64. The number of esters is 1. The van der Waals surface area contributed by atoms with Crippen molar-refractivity contribution in [2.75, 3.05) is 32.6 Å². The summed E-state index contributed by atoms with van der Waals surface area (Å²) in [4.78, 5) is 12.9. The largest absolute Gasteiger partial charge is 0.633 e. The second-order valence-corrected chi connectivity index (χ2v) is 8.32. The maximum Gasteiger partial charge on any atom is 0.335 e. The molecule has 1 N–H and O–H groups in total. The maximum atomic E-state index is 13.8. The molecule has 5 rings (SSSR count). The normalized spacial score (nSPS) is 38.1. The second kappa shape index (κ2) is 5.49. The fourth-order valence-corrected chi connectivity index (χ4v) is 6.67. The first-order valence-corrected chi connectivity index (χ1v) is 9.87. The van der Waals surface area contributed by atoms with Crippen LogP contribution in [-0.2, 0) is 14.9 Å². The standard InChI is InChI=1S/C21H26N2O4/c1-4-12-13-8-10-23(25)11-9-21(19(12)23)14-6-5-7-15(26-2)17(14)22-18(21)16(13)20(24)27-3/h5-7,12-13,19,22H,4,8-11H2,1-3H3. The number of fused-ring (bicyclic) bond motifs is 2. The third kappa shape index (κ3) is 1.85. The van der Waals surface area contributed by atoms with Crippen LogP contribution in [0.5, 0.6) is 5.75 Å². The second-order valence-electron chi connectivity index (χ2n) is 8.32. The van der Waals surface area contributed by atoms with Crippen LogP contribution in [0.4, 0.5) is 5.69 Å². The maximum absolute atomic E-state index is 13.8. The van der Waals surface area contributed by atoms with Crippen molar-refractivity contribution in [3.63, 3.8) is 0 Å². The van der Waals surface area contributed by atoms with Crippen molar-refractivity contribution in [2.45, 2.75) is 37.6 Å². The van der Waals surface area contributed by atoms with Crippen LogP contribution >= 0.6 is 0 Å². The van der Waals surface area contributed by atoms with Crippen molar-refractivity contribution < 1.29 is 18.9 Å². The first kappa shape index (κ1) is 17.1. The molecule has 27 heavy (non-hydrogen) atoms. The molecule has 6 nitrogen and oxygen atoms in total. The molecular weight excluding hydrogens is 344 g/mol. The molecule has 144 valence electrons. The molecule has 0 aromatic heterocycles. The van der Waals surface area contributed by atoms with Gasteiger partial charge in [-0.2, -0.15) is 0 Å². The third-order valence-corrected chi connectivity index (χ3v) is 7.58. The zero-order chi connectivity index (χ0) is 19.0. The molecule has 0 radical (unpaired) electrons. The molecule has 5 atom stereocenters.